The van der Waals surface area contributed by atoms with Crippen LogP contribution in [0.3, 0.4) is 0 Å². The van der Waals surface area contributed by atoms with Gasteiger partial charge in [-0.25, -0.2) is 0 Å². The topological polar surface area (TPSA) is 83.3 Å². The Morgan fingerprint density at radius 3 is 2.23 bits per heavy atom. The zero-order chi connectivity index (χ0) is 22.2. The van der Waals surface area contributed by atoms with Crippen molar-refractivity contribution in [3.63, 3.8) is 0 Å². The van der Waals surface area contributed by atoms with E-state index in [1.54, 1.807) is 63.7 Å². The fraction of sp³-hybridized carbons (Fsp3) is 0.304. The van der Waals surface area contributed by atoms with E-state index in [0.29, 0.717) is 53.0 Å². The molecule has 8 nitrogen and oxygen atoms in total. The second-order valence-electron chi connectivity index (χ2n) is 6.68. The van der Waals surface area contributed by atoms with E-state index in [9.17, 15) is 4.79 Å². The molecule has 0 aliphatic heterocycles. The number of hydrogen-bond acceptors (Lipinski definition) is 7. The van der Waals surface area contributed by atoms with Gasteiger partial charge in [0.05, 0.1) is 34.5 Å². The number of rotatable bonds is 10. The largest absolute Gasteiger partial charge is 0.493 e. The lowest BCUT2D eigenvalue weighted by Crippen LogP contribution is -2.33. The lowest BCUT2D eigenvalue weighted by atomic mass is 10.1. The fourth-order valence-electron chi connectivity index (χ4n) is 3.16. The van der Waals surface area contributed by atoms with Crippen molar-refractivity contribution in [1.82, 2.24) is 10.1 Å². The summed E-state index contributed by atoms with van der Waals surface area (Å²) < 4.78 is 26.9. The molecule has 8 heteroatoms. The van der Waals surface area contributed by atoms with E-state index in [-0.39, 0.29) is 12.5 Å². The Labute approximate surface area is 181 Å². The van der Waals surface area contributed by atoms with Crippen LogP contribution in [0.15, 0.2) is 53.1 Å². The Morgan fingerprint density at radius 1 is 0.968 bits per heavy atom. The molecule has 3 aromatic rings. The first-order valence-electron chi connectivity index (χ1n) is 9.70. The molecule has 31 heavy (non-hydrogen) atoms. The Hall–Kier alpha value is -3.52. The van der Waals surface area contributed by atoms with Crippen LogP contribution in [-0.4, -0.2) is 57.6 Å². The molecule has 0 radical (unpaired) electrons. The minimum absolute atomic E-state index is 0.102. The van der Waals surface area contributed by atoms with Gasteiger partial charge in [0.2, 0.25) is 5.75 Å². The molecular weight excluding hydrogens is 400 g/mol. The Balaban J connectivity index is 1.85. The summed E-state index contributed by atoms with van der Waals surface area (Å²) in [6.45, 7) is 1.12. The first kappa shape index (κ1) is 22.2. The van der Waals surface area contributed by atoms with E-state index in [4.69, 9.17) is 23.5 Å². The molecule has 1 aromatic heterocycles. The number of hydrogen-bond donors (Lipinski definition) is 0. The zero-order valence-corrected chi connectivity index (χ0v) is 18.1. The first-order valence-corrected chi connectivity index (χ1v) is 9.70. The normalized spacial score (nSPS) is 10.6. The van der Waals surface area contributed by atoms with Crippen LogP contribution in [0.25, 0.3) is 11.3 Å². The van der Waals surface area contributed by atoms with E-state index in [0.717, 1.165) is 0 Å². The SMILES string of the molecule is COCCN(Cc1cc(-c2cc(OC)c(OC)c(OC)c2)on1)C(=O)c1ccccc1. The number of carbonyl (C=O) groups excluding carboxylic acids is 1. The van der Waals surface area contributed by atoms with Crippen molar-refractivity contribution in [3.05, 3.63) is 59.8 Å². The third-order valence-corrected chi connectivity index (χ3v) is 4.73. The summed E-state index contributed by atoms with van der Waals surface area (Å²) in [7, 11) is 6.25. The predicted octanol–water partition coefficient (Wildman–Crippen LogP) is 3.66. The van der Waals surface area contributed by atoms with Gasteiger partial charge in [0.1, 0.15) is 5.69 Å². The second kappa shape index (κ2) is 10.5. The van der Waals surface area contributed by atoms with Crippen molar-refractivity contribution >= 4 is 5.91 Å². The van der Waals surface area contributed by atoms with Gasteiger partial charge in [-0.3, -0.25) is 4.79 Å². The summed E-state index contributed by atoms with van der Waals surface area (Å²) in [6, 6.07) is 14.5. The third kappa shape index (κ3) is 5.16. The van der Waals surface area contributed by atoms with Gasteiger partial charge in [0.25, 0.3) is 5.91 Å². The second-order valence-corrected chi connectivity index (χ2v) is 6.68. The molecule has 2 aromatic carbocycles. The molecule has 0 fully saturated rings. The van der Waals surface area contributed by atoms with Crippen LogP contribution in [0.1, 0.15) is 16.1 Å². The van der Waals surface area contributed by atoms with Crippen LogP contribution in [0.4, 0.5) is 0 Å². The average molecular weight is 426 g/mol. The van der Waals surface area contributed by atoms with Crippen LogP contribution >= 0.6 is 0 Å². The maximum atomic E-state index is 12.9. The van der Waals surface area contributed by atoms with Gasteiger partial charge < -0.3 is 28.4 Å². The number of benzene rings is 2. The van der Waals surface area contributed by atoms with Gasteiger partial charge in [-0.2, -0.15) is 0 Å². The molecule has 0 bridgehead atoms. The molecule has 0 saturated heterocycles. The molecular formula is C23H26N2O6. The summed E-state index contributed by atoms with van der Waals surface area (Å²) in [5.41, 5.74) is 1.93. The highest BCUT2D eigenvalue weighted by Gasteiger charge is 2.20. The Bertz CT molecular complexity index is 977. The van der Waals surface area contributed by atoms with Crippen molar-refractivity contribution in [1.29, 1.82) is 0 Å². The lowest BCUT2D eigenvalue weighted by molar-refractivity contribution is 0.0676. The van der Waals surface area contributed by atoms with Crippen molar-refractivity contribution in [3.8, 4) is 28.6 Å². The van der Waals surface area contributed by atoms with Crippen LogP contribution < -0.4 is 14.2 Å². The molecule has 1 heterocycles. The molecule has 164 valence electrons. The summed E-state index contributed by atoms with van der Waals surface area (Å²) in [6.07, 6.45) is 0. The van der Waals surface area contributed by atoms with Crippen molar-refractivity contribution in [2.45, 2.75) is 6.54 Å². The Kier molecular flexibility index (Phi) is 7.50. The van der Waals surface area contributed by atoms with E-state index < -0.39 is 0 Å². The summed E-state index contributed by atoms with van der Waals surface area (Å²) in [4.78, 5) is 14.6. The molecule has 0 unspecified atom stereocenters. The van der Waals surface area contributed by atoms with Crippen LogP contribution in [0.5, 0.6) is 17.2 Å². The quantitative estimate of drug-likeness (QED) is 0.489. The minimum atomic E-state index is -0.102. The van der Waals surface area contributed by atoms with Gasteiger partial charge >= 0.3 is 0 Å². The molecule has 0 spiro atoms. The number of methoxy groups -OCH3 is 4. The summed E-state index contributed by atoms with van der Waals surface area (Å²) in [5.74, 6) is 1.93. The van der Waals surface area contributed by atoms with Gasteiger partial charge in [-0.15, -0.1) is 0 Å². The number of ether oxygens (including phenoxy) is 4. The molecule has 0 atom stereocenters. The van der Waals surface area contributed by atoms with E-state index in [1.165, 1.54) is 0 Å². The number of aromatic nitrogens is 1. The number of carbonyl (C=O) groups is 1. The smallest absolute Gasteiger partial charge is 0.254 e. The third-order valence-electron chi connectivity index (χ3n) is 4.73. The van der Waals surface area contributed by atoms with Gasteiger partial charge in [0, 0.05) is 30.8 Å². The monoisotopic (exact) mass is 426 g/mol. The standard InChI is InChI=1S/C23H26N2O6/c1-27-11-10-25(23(26)16-8-6-5-7-9-16)15-18-14-19(31-24-18)17-12-20(28-2)22(30-4)21(13-17)29-3/h5-9,12-14H,10-11,15H2,1-4H3. The van der Waals surface area contributed by atoms with Crippen molar-refractivity contribution in [2.75, 3.05) is 41.6 Å². The molecule has 0 N–H and O–H groups in total. The van der Waals surface area contributed by atoms with E-state index in [1.807, 2.05) is 18.2 Å². The highest BCUT2D eigenvalue weighted by molar-refractivity contribution is 5.94. The Morgan fingerprint density at radius 2 is 1.65 bits per heavy atom. The van der Waals surface area contributed by atoms with E-state index >= 15 is 0 Å². The average Bonchev–Trinajstić information content (AvgIpc) is 3.29. The van der Waals surface area contributed by atoms with Crippen LogP contribution in [-0.2, 0) is 11.3 Å². The summed E-state index contributed by atoms with van der Waals surface area (Å²) in [5, 5.41) is 4.15. The highest BCUT2D eigenvalue weighted by Crippen LogP contribution is 2.41. The van der Waals surface area contributed by atoms with E-state index in [2.05, 4.69) is 5.16 Å². The molecule has 3 rings (SSSR count). The fourth-order valence-corrected chi connectivity index (χ4v) is 3.16. The maximum Gasteiger partial charge on any atom is 0.254 e. The number of nitrogens with zero attached hydrogens (tertiary/aromatic N) is 2. The minimum Gasteiger partial charge on any atom is -0.493 e. The van der Waals surface area contributed by atoms with Crippen LogP contribution in [0.2, 0.25) is 0 Å². The molecule has 1 amide bonds. The van der Waals surface area contributed by atoms with Gasteiger partial charge in [-0.05, 0) is 24.3 Å². The zero-order valence-electron chi connectivity index (χ0n) is 18.1. The molecule has 0 aliphatic carbocycles. The summed E-state index contributed by atoms with van der Waals surface area (Å²) >= 11 is 0. The molecule has 0 aliphatic rings. The number of amides is 1. The first-order chi connectivity index (χ1) is 15.1. The molecule has 0 saturated carbocycles. The van der Waals surface area contributed by atoms with Crippen molar-refractivity contribution in [2.24, 2.45) is 0 Å². The van der Waals surface area contributed by atoms with Crippen LogP contribution in [0, 0.1) is 0 Å². The lowest BCUT2D eigenvalue weighted by Gasteiger charge is -2.21. The van der Waals surface area contributed by atoms with Gasteiger partial charge in [-0.1, -0.05) is 23.4 Å². The highest BCUT2D eigenvalue weighted by atomic mass is 16.5. The maximum absolute atomic E-state index is 12.9. The van der Waals surface area contributed by atoms with Crippen molar-refractivity contribution < 1.29 is 28.3 Å². The van der Waals surface area contributed by atoms with Gasteiger partial charge in [0.15, 0.2) is 17.3 Å². The predicted molar refractivity (Wildman–Crippen MR) is 115 cm³/mol.